The highest BCUT2D eigenvalue weighted by atomic mass is 32.1. The Kier molecular flexibility index (Phi) is 4.57. The third kappa shape index (κ3) is 3.70. The maximum Gasteiger partial charge on any atom is 0.244 e. The van der Waals surface area contributed by atoms with Crippen molar-refractivity contribution in [1.29, 1.82) is 0 Å². The molecule has 0 unspecified atom stereocenters. The summed E-state index contributed by atoms with van der Waals surface area (Å²) in [6.45, 7) is 0.321. The molecule has 0 saturated carbocycles. The van der Waals surface area contributed by atoms with E-state index in [0.717, 1.165) is 20.8 Å². The minimum Gasteiger partial charge on any atom is -0.457 e. The average molecular weight is 361 g/mol. The van der Waals surface area contributed by atoms with Gasteiger partial charge in [0.05, 0.1) is 16.8 Å². The van der Waals surface area contributed by atoms with Crippen molar-refractivity contribution >= 4 is 33.5 Å². The van der Waals surface area contributed by atoms with Crippen molar-refractivity contribution in [3.63, 3.8) is 0 Å². The van der Waals surface area contributed by atoms with Gasteiger partial charge in [0.25, 0.3) is 0 Å². The quantitative estimate of drug-likeness (QED) is 0.539. The number of thiazole rings is 1. The number of hydrogen-bond donors (Lipinski definition) is 1. The van der Waals surface area contributed by atoms with Gasteiger partial charge in [0.2, 0.25) is 5.91 Å². The monoisotopic (exact) mass is 361 g/mol. The van der Waals surface area contributed by atoms with Crippen LogP contribution in [0.5, 0.6) is 0 Å². The summed E-state index contributed by atoms with van der Waals surface area (Å²) in [4.78, 5) is 20.5. The van der Waals surface area contributed by atoms with Crippen LogP contribution in [0.1, 0.15) is 11.3 Å². The highest BCUT2D eigenvalue weighted by Gasteiger charge is 2.10. The first-order valence-corrected chi connectivity index (χ1v) is 8.90. The van der Waals surface area contributed by atoms with Gasteiger partial charge >= 0.3 is 0 Å². The summed E-state index contributed by atoms with van der Waals surface area (Å²) in [5, 5.41) is 3.64. The first kappa shape index (κ1) is 16.2. The first-order valence-electron chi connectivity index (χ1n) is 8.08. The molecule has 1 N–H and O–H groups in total. The third-order valence-electron chi connectivity index (χ3n) is 3.71. The molecule has 4 aromatic rings. The molecule has 0 saturated heterocycles. The molecule has 0 aliphatic rings. The van der Waals surface area contributed by atoms with Gasteiger partial charge in [-0.25, -0.2) is 4.98 Å². The largest absolute Gasteiger partial charge is 0.457 e. The number of hydrogen-bond acceptors (Lipinski definition) is 5. The Morgan fingerprint density at radius 1 is 1.15 bits per heavy atom. The van der Waals surface area contributed by atoms with E-state index in [0.29, 0.717) is 18.1 Å². The van der Waals surface area contributed by atoms with Gasteiger partial charge in [-0.1, -0.05) is 18.2 Å². The predicted octanol–water partition coefficient (Wildman–Crippen LogP) is 4.28. The second-order valence-electron chi connectivity index (χ2n) is 5.59. The normalized spacial score (nSPS) is 11.2. The molecule has 0 atom stereocenters. The zero-order valence-electron chi connectivity index (χ0n) is 13.8. The molecule has 0 fully saturated rings. The third-order valence-corrected chi connectivity index (χ3v) is 4.77. The van der Waals surface area contributed by atoms with E-state index in [1.54, 1.807) is 29.8 Å². The molecular weight excluding hydrogens is 346 g/mol. The van der Waals surface area contributed by atoms with E-state index < -0.39 is 0 Å². The Morgan fingerprint density at radius 3 is 2.92 bits per heavy atom. The molecule has 5 nitrogen and oxygen atoms in total. The van der Waals surface area contributed by atoms with Crippen LogP contribution in [0.25, 0.3) is 27.1 Å². The molecule has 0 spiro atoms. The van der Waals surface area contributed by atoms with E-state index in [4.69, 9.17) is 4.42 Å². The maximum absolute atomic E-state index is 11.9. The molecule has 6 heteroatoms. The molecule has 0 bridgehead atoms. The van der Waals surface area contributed by atoms with Crippen molar-refractivity contribution in [2.75, 3.05) is 0 Å². The second kappa shape index (κ2) is 7.33. The summed E-state index contributed by atoms with van der Waals surface area (Å²) >= 11 is 1.58. The number of fused-ring (bicyclic) bond motifs is 1. The molecule has 4 rings (SSSR count). The van der Waals surface area contributed by atoms with E-state index in [9.17, 15) is 4.79 Å². The van der Waals surface area contributed by atoms with Crippen molar-refractivity contribution in [2.24, 2.45) is 0 Å². The summed E-state index contributed by atoms with van der Waals surface area (Å²) < 4.78 is 6.93. The van der Waals surface area contributed by atoms with Crippen LogP contribution in [-0.2, 0) is 11.3 Å². The van der Waals surface area contributed by atoms with Gasteiger partial charge in [-0.3, -0.25) is 9.78 Å². The lowest BCUT2D eigenvalue weighted by Gasteiger charge is -1.99. The van der Waals surface area contributed by atoms with Crippen LogP contribution >= 0.6 is 11.3 Å². The van der Waals surface area contributed by atoms with E-state index in [2.05, 4.69) is 15.3 Å². The average Bonchev–Trinajstić information content (AvgIpc) is 3.32. The summed E-state index contributed by atoms with van der Waals surface area (Å²) in [6, 6.07) is 15.4. The molecule has 26 heavy (non-hydrogen) atoms. The smallest absolute Gasteiger partial charge is 0.244 e. The fraction of sp³-hybridized carbons (Fsp3) is 0.0500. The molecule has 1 aromatic carbocycles. The highest BCUT2D eigenvalue weighted by Crippen LogP contribution is 2.31. The number of nitrogens with one attached hydrogen (secondary N) is 1. The van der Waals surface area contributed by atoms with Crippen LogP contribution in [0.2, 0.25) is 0 Å². The van der Waals surface area contributed by atoms with Crippen LogP contribution < -0.4 is 5.32 Å². The summed E-state index contributed by atoms with van der Waals surface area (Å²) in [7, 11) is 0. The standard InChI is InChI=1S/C20H15N3O2S/c24-19(10-7-14-4-3-11-21-12-14)22-13-15-8-9-17(25-15)20-23-16-5-1-2-6-18(16)26-20/h1-12H,13H2,(H,22,24). The van der Waals surface area contributed by atoms with Crippen LogP contribution in [0, 0.1) is 0 Å². The minimum absolute atomic E-state index is 0.188. The molecule has 0 aliphatic carbocycles. The first-order chi connectivity index (χ1) is 12.8. The predicted molar refractivity (Wildman–Crippen MR) is 102 cm³/mol. The van der Waals surface area contributed by atoms with Crippen molar-refractivity contribution in [3.05, 3.63) is 78.3 Å². The van der Waals surface area contributed by atoms with Crippen molar-refractivity contribution in [1.82, 2.24) is 15.3 Å². The van der Waals surface area contributed by atoms with E-state index in [1.165, 1.54) is 6.08 Å². The van der Waals surface area contributed by atoms with Gasteiger partial charge in [0.15, 0.2) is 10.8 Å². The topological polar surface area (TPSA) is 68.0 Å². The Balaban J connectivity index is 1.39. The lowest BCUT2D eigenvalue weighted by atomic mass is 10.2. The van der Waals surface area contributed by atoms with Gasteiger partial charge in [0.1, 0.15) is 5.76 Å². The van der Waals surface area contributed by atoms with E-state index >= 15 is 0 Å². The molecule has 3 heterocycles. The zero-order chi connectivity index (χ0) is 17.8. The van der Waals surface area contributed by atoms with Gasteiger partial charge in [0, 0.05) is 18.5 Å². The van der Waals surface area contributed by atoms with Crippen molar-refractivity contribution in [2.45, 2.75) is 6.54 Å². The van der Waals surface area contributed by atoms with Crippen LogP contribution in [0.3, 0.4) is 0 Å². The lowest BCUT2D eigenvalue weighted by molar-refractivity contribution is -0.116. The fourth-order valence-electron chi connectivity index (χ4n) is 2.45. The Labute approximate surface area is 154 Å². The van der Waals surface area contributed by atoms with Crippen LogP contribution in [0.4, 0.5) is 0 Å². The Bertz CT molecular complexity index is 1030. The highest BCUT2D eigenvalue weighted by molar-refractivity contribution is 7.21. The molecule has 128 valence electrons. The number of benzene rings is 1. The van der Waals surface area contributed by atoms with E-state index in [-0.39, 0.29) is 5.91 Å². The number of rotatable bonds is 5. The van der Waals surface area contributed by atoms with Gasteiger partial charge < -0.3 is 9.73 Å². The number of amides is 1. The molecule has 3 aromatic heterocycles. The van der Waals surface area contributed by atoms with E-state index in [1.807, 2.05) is 48.5 Å². The van der Waals surface area contributed by atoms with Crippen LogP contribution in [0.15, 0.2) is 71.4 Å². The number of nitrogens with zero attached hydrogens (tertiary/aromatic N) is 2. The lowest BCUT2D eigenvalue weighted by Crippen LogP contribution is -2.19. The van der Waals surface area contributed by atoms with Gasteiger partial charge in [-0.2, -0.15) is 0 Å². The van der Waals surface area contributed by atoms with Crippen LogP contribution in [-0.4, -0.2) is 15.9 Å². The van der Waals surface area contributed by atoms with Crippen molar-refractivity contribution < 1.29 is 9.21 Å². The maximum atomic E-state index is 11.9. The number of carbonyl (C=O) groups is 1. The number of aromatic nitrogens is 2. The molecular formula is C20H15N3O2S. The SMILES string of the molecule is O=C(C=Cc1cccnc1)NCc1ccc(-c2nc3ccccc3s2)o1. The Hall–Kier alpha value is -3.25. The second-order valence-corrected chi connectivity index (χ2v) is 6.62. The molecule has 1 amide bonds. The van der Waals surface area contributed by atoms with Gasteiger partial charge in [-0.05, 0) is 42.0 Å². The number of carbonyl (C=O) groups excluding carboxylic acids is 1. The fourth-order valence-corrected chi connectivity index (χ4v) is 3.37. The molecule has 0 radical (unpaired) electrons. The van der Waals surface area contributed by atoms with Crippen molar-refractivity contribution in [3.8, 4) is 10.8 Å². The summed E-state index contributed by atoms with van der Waals surface area (Å²) in [6.07, 6.45) is 6.59. The summed E-state index contributed by atoms with van der Waals surface area (Å²) in [5.41, 5.74) is 1.83. The number of furan rings is 1. The number of para-hydroxylation sites is 1. The zero-order valence-corrected chi connectivity index (χ0v) is 14.6. The number of pyridine rings is 1. The molecule has 0 aliphatic heterocycles. The minimum atomic E-state index is -0.188. The Morgan fingerprint density at radius 2 is 2.08 bits per heavy atom. The van der Waals surface area contributed by atoms with Gasteiger partial charge in [-0.15, -0.1) is 11.3 Å². The summed E-state index contributed by atoms with van der Waals surface area (Å²) in [5.74, 6) is 1.20.